The molecule has 2 rings (SSSR count). The summed E-state index contributed by atoms with van der Waals surface area (Å²) in [5, 5.41) is 9.28. The maximum absolute atomic E-state index is 12.1. The van der Waals surface area contributed by atoms with Crippen LogP contribution < -0.4 is 0 Å². The topological polar surface area (TPSA) is 67.4 Å². The molecule has 0 N–H and O–H groups in total. The lowest BCUT2D eigenvalue weighted by atomic mass is 10.0. The molecule has 1 heterocycles. The SMILES string of the molecule is CN1C(=O)C(C#N)C(=[N+](C)CC2CCCC2)N(C)C1=O. The van der Waals surface area contributed by atoms with Crippen molar-refractivity contribution in [1.29, 1.82) is 5.26 Å². The van der Waals surface area contributed by atoms with Gasteiger partial charge in [-0.3, -0.25) is 9.37 Å². The predicted octanol–water partition coefficient (Wildman–Crippen LogP) is 0.881. The van der Waals surface area contributed by atoms with Crippen molar-refractivity contribution in [2.24, 2.45) is 11.8 Å². The van der Waals surface area contributed by atoms with E-state index in [1.807, 2.05) is 17.7 Å². The minimum atomic E-state index is -0.894. The van der Waals surface area contributed by atoms with Gasteiger partial charge in [0.2, 0.25) is 5.92 Å². The molecule has 0 aromatic heterocycles. The van der Waals surface area contributed by atoms with Gasteiger partial charge >= 0.3 is 6.03 Å². The Balaban J connectivity index is 2.32. The monoisotopic (exact) mass is 277 g/mol. The van der Waals surface area contributed by atoms with E-state index >= 15 is 0 Å². The normalized spacial score (nSPS) is 27.0. The number of amidine groups is 1. The molecule has 0 radical (unpaired) electrons. The highest BCUT2D eigenvalue weighted by Crippen LogP contribution is 2.25. The zero-order chi connectivity index (χ0) is 14.9. The molecule has 0 aromatic rings. The predicted molar refractivity (Wildman–Crippen MR) is 73.0 cm³/mol. The summed E-state index contributed by atoms with van der Waals surface area (Å²) in [7, 11) is 4.90. The third-order valence-electron chi connectivity index (χ3n) is 4.28. The first kappa shape index (κ1) is 14.5. The summed E-state index contributed by atoms with van der Waals surface area (Å²) in [6.07, 6.45) is 4.85. The second kappa shape index (κ2) is 5.61. The number of carbonyl (C=O) groups excluding carboxylic acids is 2. The molecular formula is C14H21N4O2+. The van der Waals surface area contributed by atoms with E-state index in [1.54, 1.807) is 7.05 Å². The van der Waals surface area contributed by atoms with E-state index in [1.165, 1.54) is 37.6 Å². The van der Waals surface area contributed by atoms with Crippen molar-refractivity contribution in [2.75, 3.05) is 27.7 Å². The Morgan fingerprint density at radius 3 is 2.40 bits per heavy atom. The van der Waals surface area contributed by atoms with Crippen molar-refractivity contribution in [3.05, 3.63) is 0 Å². The Morgan fingerprint density at radius 1 is 1.25 bits per heavy atom. The third-order valence-corrected chi connectivity index (χ3v) is 4.28. The van der Waals surface area contributed by atoms with E-state index in [2.05, 4.69) is 0 Å². The minimum absolute atomic E-state index is 0.380. The van der Waals surface area contributed by atoms with Crippen molar-refractivity contribution in [2.45, 2.75) is 25.7 Å². The Kier molecular flexibility index (Phi) is 4.07. The number of imide groups is 1. The van der Waals surface area contributed by atoms with Crippen molar-refractivity contribution in [3.63, 3.8) is 0 Å². The number of urea groups is 1. The maximum Gasteiger partial charge on any atom is 0.417 e. The number of rotatable bonds is 2. The summed E-state index contributed by atoms with van der Waals surface area (Å²) < 4.78 is 1.91. The Labute approximate surface area is 119 Å². The first-order chi connectivity index (χ1) is 9.47. The molecule has 6 heteroatoms. The molecule has 1 saturated heterocycles. The van der Waals surface area contributed by atoms with Crippen LogP contribution in [0, 0.1) is 23.2 Å². The van der Waals surface area contributed by atoms with Crippen LogP contribution in [0.4, 0.5) is 4.79 Å². The van der Waals surface area contributed by atoms with Gasteiger partial charge in [-0.1, -0.05) is 12.8 Å². The van der Waals surface area contributed by atoms with E-state index in [0.717, 1.165) is 11.4 Å². The van der Waals surface area contributed by atoms with Gasteiger partial charge in [-0.05, 0) is 18.8 Å². The molecule has 1 saturated carbocycles. The lowest BCUT2D eigenvalue weighted by Crippen LogP contribution is -2.59. The van der Waals surface area contributed by atoms with Crippen molar-refractivity contribution in [3.8, 4) is 6.07 Å². The highest BCUT2D eigenvalue weighted by molar-refractivity contribution is 6.17. The summed E-state index contributed by atoms with van der Waals surface area (Å²) in [5.41, 5.74) is 0. The number of nitrogens with zero attached hydrogens (tertiary/aromatic N) is 4. The van der Waals surface area contributed by atoms with Crippen molar-refractivity contribution in [1.82, 2.24) is 9.80 Å². The zero-order valence-corrected chi connectivity index (χ0v) is 12.3. The summed E-state index contributed by atoms with van der Waals surface area (Å²) in [5.74, 6) is -0.240. The van der Waals surface area contributed by atoms with Crippen LogP contribution in [-0.2, 0) is 4.79 Å². The summed E-state index contributed by atoms with van der Waals surface area (Å²) >= 11 is 0. The fraction of sp³-hybridized carbons (Fsp3) is 0.714. The lowest BCUT2D eigenvalue weighted by Gasteiger charge is -2.29. The largest absolute Gasteiger partial charge is 0.417 e. The Hall–Kier alpha value is -1.90. The van der Waals surface area contributed by atoms with E-state index < -0.39 is 11.8 Å². The molecule has 0 bridgehead atoms. The maximum atomic E-state index is 12.1. The molecule has 1 aliphatic heterocycles. The van der Waals surface area contributed by atoms with Crippen LogP contribution in [0.2, 0.25) is 0 Å². The molecule has 108 valence electrons. The summed E-state index contributed by atoms with van der Waals surface area (Å²) in [6.45, 7) is 0.794. The van der Waals surface area contributed by atoms with Crippen LogP contribution >= 0.6 is 0 Å². The number of nitriles is 1. The van der Waals surface area contributed by atoms with Crippen LogP contribution in [0.5, 0.6) is 0 Å². The van der Waals surface area contributed by atoms with Crippen LogP contribution in [0.1, 0.15) is 25.7 Å². The fourth-order valence-electron chi connectivity index (χ4n) is 3.18. The van der Waals surface area contributed by atoms with Crippen LogP contribution in [0.15, 0.2) is 0 Å². The van der Waals surface area contributed by atoms with E-state index in [4.69, 9.17) is 0 Å². The van der Waals surface area contributed by atoms with Gasteiger partial charge in [0, 0.05) is 7.05 Å². The molecule has 1 unspecified atom stereocenters. The third kappa shape index (κ3) is 2.40. The van der Waals surface area contributed by atoms with E-state index in [0.29, 0.717) is 11.8 Å². The molecular weight excluding hydrogens is 256 g/mol. The molecule has 3 amide bonds. The van der Waals surface area contributed by atoms with Gasteiger partial charge in [-0.15, -0.1) is 0 Å². The number of carbonyl (C=O) groups is 2. The molecule has 0 spiro atoms. The van der Waals surface area contributed by atoms with Crippen molar-refractivity contribution >= 4 is 17.8 Å². The first-order valence-corrected chi connectivity index (χ1v) is 7.00. The Bertz CT molecular complexity index is 500. The first-order valence-electron chi connectivity index (χ1n) is 7.00. The highest BCUT2D eigenvalue weighted by Gasteiger charge is 2.48. The van der Waals surface area contributed by atoms with Gasteiger partial charge in [-0.25, -0.2) is 9.69 Å². The van der Waals surface area contributed by atoms with Crippen LogP contribution in [0.3, 0.4) is 0 Å². The molecule has 1 atom stereocenters. The highest BCUT2D eigenvalue weighted by atomic mass is 16.2. The van der Waals surface area contributed by atoms with Crippen LogP contribution in [0.25, 0.3) is 0 Å². The fourth-order valence-corrected chi connectivity index (χ4v) is 3.18. The van der Waals surface area contributed by atoms with Gasteiger partial charge in [0.15, 0.2) is 0 Å². The minimum Gasteiger partial charge on any atom is -0.272 e. The van der Waals surface area contributed by atoms with E-state index in [9.17, 15) is 14.9 Å². The smallest absolute Gasteiger partial charge is 0.272 e. The molecule has 6 nitrogen and oxygen atoms in total. The zero-order valence-electron chi connectivity index (χ0n) is 12.3. The number of hydrogen-bond acceptors (Lipinski definition) is 3. The molecule has 1 aliphatic carbocycles. The number of hydrogen-bond donors (Lipinski definition) is 0. The summed E-state index contributed by atoms with van der Waals surface area (Å²) in [6, 6.07) is 1.65. The van der Waals surface area contributed by atoms with Gasteiger partial charge in [-0.2, -0.15) is 10.2 Å². The standard InChI is InChI=1S/C14H21N4O2/c1-16(9-10-6-4-5-7-10)12-11(8-15)13(19)18(3)14(20)17(12)2/h10-11H,4-7,9H2,1-3H3/q+1. The molecule has 20 heavy (non-hydrogen) atoms. The second-order valence-electron chi connectivity index (χ2n) is 5.69. The van der Waals surface area contributed by atoms with Gasteiger partial charge in [0.25, 0.3) is 11.7 Å². The van der Waals surface area contributed by atoms with Crippen molar-refractivity contribution < 1.29 is 14.2 Å². The summed E-state index contributed by atoms with van der Waals surface area (Å²) in [4.78, 5) is 26.5. The Morgan fingerprint density at radius 2 is 1.85 bits per heavy atom. The molecule has 0 aromatic carbocycles. The van der Waals surface area contributed by atoms with Crippen LogP contribution in [-0.4, -0.2) is 59.8 Å². The quantitative estimate of drug-likeness (QED) is 0.704. The molecule has 2 fully saturated rings. The van der Waals surface area contributed by atoms with Gasteiger partial charge in [0.1, 0.15) is 0 Å². The second-order valence-corrected chi connectivity index (χ2v) is 5.69. The number of amides is 3. The average Bonchev–Trinajstić information content (AvgIpc) is 2.92. The van der Waals surface area contributed by atoms with Gasteiger partial charge < -0.3 is 0 Å². The lowest BCUT2D eigenvalue weighted by molar-refractivity contribution is -0.511. The van der Waals surface area contributed by atoms with Gasteiger partial charge in [0.05, 0.1) is 26.7 Å². The molecule has 2 aliphatic rings. The average molecular weight is 277 g/mol. The van der Waals surface area contributed by atoms with E-state index in [-0.39, 0.29) is 6.03 Å².